The second-order valence-corrected chi connectivity index (χ2v) is 8.86. The number of likely N-dealkylation sites (tertiary alicyclic amines) is 1. The third-order valence-electron chi connectivity index (χ3n) is 5.83. The summed E-state index contributed by atoms with van der Waals surface area (Å²) in [7, 11) is 0. The first-order valence-electron chi connectivity index (χ1n) is 10.7. The summed E-state index contributed by atoms with van der Waals surface area (Å²) in [5.74, 6) is 0.522. The number of carbonyl (C=O) groups excluding carboxylic acids is 1. The topological polar surface area (TPSA) is 80.1 Å². The van der Waals surface area contributed by atoms with Gasteiger partial charge in [0, 0.05) is 30.6 Å². The molecule has 1 aliphatic rings. The predicted octanol–water partition coefficient (Wildman–Crippen LogP) is 3.83. The van der Waals surface area contributed by atoms with Crippen LogP contribution in [0.1, 0.15) is 12.8 Å². The molecule has 4 aromatic rings. The first kappa shape index (κ1) is 20.5. The van der Waals surface area contributed by atoms with E-state index in [4.69, 9.17) is 5.10 Å². The van der Waals surface area contributed by atoms with Crippen molar-refractivity contribution in [2.24, 2.45) is 5.92 Å². The Labute approximate surface area is 189 Å². The number of hydrogen-bond donors (Lipinski definition) is 1. The number of aromatic nitrogens is 3. The molecule has 1 amide bonds. The van der Waals surface area contributed by atoms with E-state index in [0.29, 0.717) is 17.9 Å². The van der Waals surface area contributed by atoms with Gasteiger partial charge in [-0.25, -0.2) is 9.67 Å². The number of pyridine rings is 1. The van der Waals surface area contributed by atoms with E-state index >= 15 is 0 Å². The highest BCUT2D eigenvalue weighted by atomic mass is 32.1. The maximum absolute atomic E-state index is 13.1. The minimum absolute atomic E-state index is 0.00401. The molecule has 162 valence electrons. The molecule has 1 aliphatic heterocycles. The van der Waals surface area contributed by atoms with Gasteiger partial charge in [-0.15, -0.1) is 11.3 Å². The van der Waals surface area contributed by atoms with Gasteiger partial charge in [0.05, 0.1) is 16.9 Å². The Morgan fingerprint density at radius 3 is 2.53 bits per heavy atom. The number of piperidine rings is 1. The first-order valence-corrected chi connectivity index (χ1v) is 11.5. The lowest BCUT2D eigenvalue weighted by atomic mass is 9.96. The Kier molecular flexibility index (Phi) is 5.79. The molecule has 8 heteroatoms. The SMILES string of the molecule is O=C(Nc1ccccn1)C1CCN(Cn2nc(-c3cccs3)c3ccccc3c2=O)CC1. The molecule has 0 atom stereocenters. The molecule has 0 bridgehead atoms. The number of anilines is 1. The fourth-order valence-corrected chi connectivity index (χ4v) is 4.84. The summed E-state index contributed by atoms with van der Waals surface area (Å²) in [4.78, 5) is 33.1. The molecule has 32 heavy (non-hydrogen) atoms. The van der Waals surface area contributed by atoms with Crippen LogP contribution in [0, 0.1) is 5.92 Å². The van der Waals surface area contributed by atoms with E-state index in [1.54, 1.807) is 28.3 Å². The Hall–Kier alpha value is -3.36. The number of rotatable bonds is 5. The summed E-state index contributed by atoms with van der Waals surface area (Å²) >= 11 is 1.61. The smallest absolute Gasteiger partial charge is 0.275 e. The van der Waals surface area contributed by atoms with E-state index in [0.717, 1.165) is 41.9 Å². The Morgan fingerprint density at radius 1 is 1.03 bits per heavy atom. The third kappa shape index (κ3) is 4.19. The highest BCUT2D eigenvalue weighted by Gasteiger charge is 2.26. The first-order chi connectivity index (χ1) is 15.7. The fraction of sp³-hybridized carbons (Fsp3) is 0.250. The van der Waals surface area contributed by atoms with Gasteiger partial charge >= 0.3 is 0 Å². The van der Waals surface area contributed by atoms with Crippen molar-refractivity contribution in [3.8, 4) is 10.6 Å². The van der Waals surface area contributed by atoms with E-state index in [9.17, 15) is 9.59 Å². The second-order valence-electron chi connectivity index (χ2n) is 7.91. The van der Waals surface area contributed by atoms with Crippen LogP contribution in [-0.4, -0.2) is 38.7 Å². The van der Waals surface area contributed by atoms with Crippen LogP contribution in [0.25, 0.3) is 21.3 Å². The van der Waals surface area contributed by atoms with Gasteiger partial charge in [-0.1, -0.05) is 30.3 Å². The molecule has 0 radical (unpaired) electrons. The van der Waals surface area contributed by atoms with Gasteiger partial charge in [-0.3, -0.25) is 14.5 Å². The zero-order valence-electron chi connectivity index (χ0n) is 17.5. The standard InChI is InChI=1S/C24H23N5O2S/c30-23(26-21-9-3-4-12-25-21)17-10-13-28(14-11-17)16-29-24(31)19-7-2-1-6-18(19)22(27-29)20-8-5-15-32-20/h1-9,12,15,17H,10-11,13-14,16H2,(H,25,26,30). The van der Waals surface area contributed by atoms with Crippen LogP contribution >= 0.6 is 11.3 Å². The van der Waals surface area contributed by atoms with Gasteiger partial charge in [0.25, 0.3) is 5.56 Å². The number of nitrogens with zero attached hydrogens (tertiary/aromatic N) is 4. The van der Waals surface area contributed by atoms with Crippen LogP contribution in [-0.2, 0) is 11.5 Å². The number of amides is 1. The van der Waals surface area contributed by atoms with Crippen molar-refractivity contribution in [3.63, 3.8) is 0 Å². The van der Waals surface area contributed by atoms with Crippen LogP contribution in [0.3, 0.4) is 0 Å². The van der Waals surface area contributed by atoms with Gasteiger partial charge in [0.15, 0.2) is 0 Å². The molecule has 1 fully saturated rings. The molecule has 1 saturated heterocycles. The van der Waals surface area contributed by atoms with Crippen molar-refractivity contribution in [3.05, 3.63) is 76.5 Å². The maximum Gasteiger partial charge on any atom is 0.275 e. The lowest BCUT2D eigenvalue weighted by molar-refractivity contribution is -0.121. The van der Waals surface area contributed by atoms with Gasteiger partial charge in [-0.05, 0) is 42.5 Å². The number of nitrogens with one attached hydrogen (secondary N) is 1. The van der Waals surface area contributed by atoms with Crippen molar-refractivity contribution in [1.29, 1.82) is 0 Å². The lowest BCUT2D eigenvalue weighted by Crippen LogP contribution is -2.41. The summed E-state index contributed by atoms with van der Waals surface area (Å²) < 4.78 is 1.56. The van der Waals surface area contributed by atoms with Crippen LogP contribution in [0.15, 0.2) is 71.0 Å². The summed E-state index contributed by atoms with van der Waals surface area (Å²) in [5, 5.41) is 11.2. The quantitative estimate of drug-likeness (QED) is 0.505. The second kappa shape index (κ2) is 9.02. The molecular weight excluding hydrogens is 422 g/mol. The zero-order chi connectivity index (χ0) is 21.9. The lowest BCUT2D eigenvalue weighted by Gasteiger charge is -2.31. The minimum atomic E-state index is -0.0871. The van der Waals surface area contributed by atoms with Gasteiger partial charge in [-0.2, -0.15) is 5.10 Å². The predicted molar refractivity (Wildman–Crippen MR) is 126 cm³/mol. The average Bonchev–Trinajstić information content (AvgIpc) is 3.37. The van der Waals surface area contributed by atoms with Crippen molar-refractivity contribution in [2.45, 2.75) is 19.5 Å². The molecule has 0 aliphatic carbocycles. The van der Waals surface area contributed by atoms with Crippen LogP contribution in [0.2, 0.25) is 0 Å². The maximum atomic E-state index is 13.1. The van der Waals surface area contributed by atoms with Crippen molar-refractivity contribution >= 4 is 33.8 Å². The number of carbonyl (C=O) groups is 1. The summed E-state index contributed by atoms with van der Waals surface area (Å²) in [5.41, 5.74) is 0.746. The molecular formula is C24H23N5O2S. The molecule has 1 N–H and O–H groups in total. The molecule has 0 saturated carbocycles. The zero-order valence-corrected chi connectivity index (χ0v) is 18.3. The molecule has 4 heterocycles. The molecule has 0 spiro atoms. The largest absolute Gasteiger partial charge is 0.310 e. The van der Waals surface area contributed by atoms with E-state index in [1.165, 1.54) is 0 Å². The Bertz CT molecular complexity index is 1280. The van der Waals surface area contributed by atoms with Crippen LogP contribution < -0.4 is 10.9 Å². The highest BCUT2D eigenvalue weighted by molar-refractivity contribution is 7.13. The van der Waals surface area contributed by atoms with Gasteiger partial charge in [0.1, 0.15) is 11.5 Å². The Balaban J connectivity index is 1.31. The van der Waals surface area contributed by atoms with E-state index in [2.05, 4.69) is 15.2 Å². The monoisotopic (exact) mass is 445 g/mol. The molecule has 0 unspecified atom stereocenters. The average molecular weight is 446 g/mol. The molecule has 5 rings (SSSR count). The molecule has 7 nitrogen and oxygen atoms in total. The van der Waals surface area contributed by atoms with E-state index in [-0.39, 0.29) is 17.4 Å². The summed E-state index contributed by atoms with van der Waals surface area (Å²) in [6.07, 6.45) is 3.13. The summed E-state index contributed by atoms with van der Waals surface area (Å²) in [6, 6.07) is 17.1. The number of hydrogen-bond acceptors (Lipinski definition) is 6. The number of benzene rings is 1. The van der Waals surface area contributed by atoms with Gasteiger partial charge < -0.3 is 5.32 Å². The third-order valence-corrected chi connectivity index (χ3v) is 6.71. The van der Waals surface area contributed by atoms with E-state index < -0.39 is 0 Å². The molecule has 3 aromatic heterocycles. The van der Waals surface area contributed by atoms with E-state index in [1.807, 2.05) is 53.9 Å². The van der Waals surface area contributed by atoms with Gasteiger partial charge in [0.2, 0.25) is 5.91 Å². The number of thiophene rings is 1. The Morgan fingerprint density at radius 2 is 1.81 bits per heavy atom. The van der Waals surface area contributed by atoms with Crippen molar-refractivity contribution in [2.75, 3.05) is 18.4 Å². The van der Waals surface area contributed by atoms with Crippen LogP contribution in [0.4, 0.5) is 5.82 Å². The molecule has 1 aromatic carbocycles. The highest BCUT2D eigenvalue weighted by Crippen LogP contribution is 2.28. The number of fused-ring (bicyclic) bond motifs is 1. The fourth-order valence-electron chi connectivity index (χ4n) is 4.12. The summed E-state index contributed by atoms with van der Waals surface area (Å²) in [6.45, 7) is 1.88. The van der Waals surface area contributed by atoms with Crippen LogP contribution in [0.5, 0.6) is 0 Å². The normalized spacial score (nSPS) is 15.1. The minimum Gasteiger partial charge on any atom is -0.310 e. The van der Waals surface area contributed by atoms with Crippen molar-refractivity contribution < 1.29 is 4.79 Å². The van der Waals surface area contributed by atoms with Crippen molar-refractivity contribution in [1.82, 2.24) is 19.7 Å².